The van der Waals surface area contributed by atoms with Gasteiger partial charge in [0.1, 0.15) is 5.82 Å². The fourth-order valence-corrected chi connectivity index (χ4v) is 3.75. The van der Waals surface area contributed by atoms with Crippen molar-refractivity contribution in [3.05, 3.63) is 54.4 Å². The molecule has 3 heterocycles. The van der Waals surface area contributed by atoms with Crippen molar-refractivity contribution in [3.8, 4) is 0 Å². The lowest BCUT2D eigenvalue weighted by atomic mass is 10.2. The molecule has 1 fully saturated rings. The molecule has 1 saturated heterocycles. The van der Waals surface area contributed by atoms with Gasteiger partial charge in [-0.2, -0.15) is 0 Å². The monoisotopic (exact) mass is 378 g/mol. The lowest BCUT2D eigenvalue weighted by Gasteiger charge is -2.36. The minimum atomic E-state index is -0.0203. The van der Waals surface area contributed by atoms with Gasteiger partial charge in [0.15, 0.2) is 0 Å². The van der Waals surface area contributed by atoms with Gasteiger partial charge in [-0.3, -0.25) is 0 Å². The average Bonchev–Trinajstić information content (AvgIpc) is 3.21. The Kier molecular flexibility index (Phi) is 5.06. The first-order valence-corrected chi connectivity index (χ1v) is 9.58. The molecule has 4 rings (SSSR count). The summed E-state index contributed by atoms with van der Waals surface area (Å²) in [5.41, 5.74) is 3.38. The molecule has 3 aromatic rings. The van der Waals surface area contributed by atoms with E-state index in [0.29, 0.717) is 19.6 Å². The van der Waals surface area contributed by atoms with Crippen molar-refractivity contribution in [2.45, 2.75) is 6.54 Å². The Balaban J connectivity index is 1.35. The first-order chi connectivity index (χ1) is 13.6. The third-order valence-corrected chi connectivity index (χ3v) is 5.20. The van der Waals surface area contributed by atoms with Crippen LogP contribution in [0.25, 0.3) is 10.9 Å². The van der Waals surface area contributed by atoms with Crippen LogP contribution in [0, 0.1) is 0 Å². The lowest BCUT2D eigenvalue weighted by molar-refractivity contribution is 0.194. The normalized spacial score (nSPS) is 14.4. The van der Waals surface area contributed by atoms with E-state index < -0.39 is 0 Å². The molecule has 0 radical (unpaired) electrons. The largest absolute Gasteiger partial charge is 0.367 e. The number of benzene rings is 1. The summed E-state index contributed by atoms with van der Waals surface area (Å²) in [6.45, 7) is 3.55. The van der Waals surface area contributed by atoms with Crippen molar-refractivity contribution in [2.75, 3.05) is 50.1 Å². The van der Waals surface area contributed by atoms with Crippen LogP contribution >= 0.6 is 0 Å². The number of carbonyl (C=O) groups excluding carboxylic acids is 1. The molecule has 7 heteroatoms. The predicted molar refractivity (Wildman–Crippen MR) is 113 cm³/mol. The maximum atomic E-state index is 12.6. The van der Waals surface area contributed by atoms with Gasteiger partial charge < -0.3 is 25.0 Å². The van der Waals surface area contributed by atoms with E-state index in [0.717, 1.165) is 30.0 Å². The highest BCUT2D eigenvalue weighted by Gasteiger charge is 2.22. The van der Waals surface area contributed by atoms with E-state index in [2.05, 4.69) is 44.5 Å². The second-order valence-electron chi connectivity index (χ2n) is 7.23. The van der Waals surface area contributed by atoms with E-state index in [4.69, 9.17) is 0 Å². The SMILES string of the molecule is CN(C)c1ncccc1CNC(=O)N1CCN(c2cccc3[nH]ccc23)CC1. The molecule has 0 atom stereocenters. The molecule has 1 aromatic carbocycles. The van der Waals surface area contributed by atoms with Crippen LogP contribution in [0.4, 0.5) is 16.3 Å². The number of nitrogens with one attached hydrogen (secondary N) is 2. The Bertz CT molecular complexity index is 958. The molecule has 0 unspecified atom stereocenters. The Hall–Kier alpha value is -3.22. The third kappa shape index (κ3) is 3.60. The summed E-state index contributed by atoms with van der Waals surface area (Å²) in [5, 5.41) is 4.27. The molecule has 0 saturated carbocycles. The molecule has 2 aromatic heterocycles. The number of urea groups is 1. The molecule has 0 bridgehead atoms. The molecule has 0 spiro atoms. The number of pyridine rings is 1. The van der Waals surface area contributed by atoms with E-state index in [1.54, 1.807) is 6.20 Å². The molecule has 2 amide bonds. The Morgan fingerprint density at radius 1 is 1.14 bits per heavy atom. The third-order valence-electron chi connectivity index (χ3n) is 5.20. The molecule has 7 nitrogen and oxygen atoms in total. The highest BCUT2D eigenvalue weighted by Crippen LogP contribution is 2.27. The maximum Gasteiger partial charge on any atom is 0.317 e. The number of fused-ring (bicyclic) bond motifs is 1. The van der Waals surface area contributed by atoms with Gasteiger partial charge >= 0.3 is 6.03 Å². The predicted octanol–water partition coefficient (Wildman–Crippen LogP) is 2.66. The molecule has 1 aliphatic heterocycles. The van der Waals surface area contributed by atoms with Gasteiger partial charge in [-0.05, 0) is 24.3 Å². The standard InChI is InChI=1S/C21H26N6O/c1-25(2)20-16(5-4-9-23-20)15-24-21(28)27-13-11-26(12-14-27)19-7-3-6-18-17(19)8-10-22-18/h3-10,22H,11-15H2,1-2H3,(H,24,28). The van der Waals surface area contributed by atoms with Gasteiger partial charge in [-0.25, -0.2) is 9.78 Å². The number of hydrogen-bond acceptors (Lipinski definition) is 4. The zero-order valence-electron chi connectivity index (χ0n) is 16.4. The van der Waals surface area contributed by atoms with Gasteiger partial charge in [0.2, 0.25) is 0 Å². The zero-order chi connectivity index (χ0) is 19.5. The molecular weight excluding hydrogens is 352 g/mol. The summed E-state index contributed by atoms with van der Waals surface area (Å²) in [7, 11) is 3.91. The Morgan fingerprint density at radius 3 is 2.75 bits per heavy atom. The number of nitrogens with zero attached hydrogens (tertiary/aromatic N) is 4. The summed E-state index contributed by atoms with van der Waals surface area (Å²) in [4.78, 5) is 26.5. The number of aromatic amines is 1. The van der Waals surface area contributed by atoms with Crippen molar-refractivity contribution >= 4 is 28.4 Å². The van der Waals surface area contributed by atoms with Crippen LogP contribution in [-0.4, -0.2) is 61.2 Å². The van der Waals surface area contributed by atoms with E-state index in [1.165, 1.54) is 11.1 Å². The highest BCUT2D eigenvalue weighted by atomic mass is 16.2. The topological polar surface area (TPSA) is 67.5 Å². The summed E-state index contributed by atoms with van der Waals surface area (Å²) >= 11 is 0. The van der Waals surface area contributed by atoms with Gasteiger partial charge in [0.25, 0.3) is 0 Å². The smallest absolute Gasteiger partial charge is 0.317 e. The lowest BCUT2D eigenvalue weighted by Crippen LogP contribution is -2.51. The Morgan fingerprint density at radius 2 is 1.96 bits per heavy atom. The number of piperazine rings is 1. The number of carbonyl (C=O) groups is 1. The number of aromatic nitrogens is 2. The number of rotatable bonds is 4. The minimum Gasteiger partial charge on any atom is -0.367 e. The van der Waals surface area contributed by atoms with E-state index in [-0.39, 0.29) is 6.03 Å². The van der Waals surface area contributed by atoms with Crippen molar-refractivity contribution in [2.24, 2.45) is 0 Å². The summed E-state index contributed by atoms with van der Waals surface area (Å²) in [6.07, 6.45) is 3.74. The summed E-state index contributed by atoms with van der Waals surface area (Å²) in [5.74, 6) is 0.882. The van der Waals surface area contributed by atoms with Crippen LogP contribution in [0.3, 0.4) is 0 Å². The van der Waals surface area contributed by atoms with Crippen LogP contribution in [-0.2, 0) is 6.54 Å². The molecular formula is C21H26N6O. The molecule has 0 aliphatic carbocycles. The van der Waals surface area contributed by atoms with Gasteiger partial charge in [-0.1, -0.05) is 12.1 Å². The summed E-state index contributed by atoms with van der Waals surface area (Å²) in [6, 6.07) is 12.3. The number of hydrogen-bond donors (Lipinski definition) is 2. The number of anilines is 2. The van der Waals surface area contributed by atoms with Crippen molar-refractivity contribution < 1.29 is 4.79 Å². The van der Waals surface area contributed by atoms with Crippen molar-refractivity contribution in [1.29, 1.82) is 0 Å². The first-order valence-electron chi connectivity index (χ1n) is 9.58. The van der Waals surface area contributed by atoms with Gasteiger partial charge in [0, 0.05) is 81.4 Å². The fraction of sp³-hybridized carbons (Fsp3) is 0.333. The zero-order valence-corrected chi connectivity index (χ0v) is 16.4. The maximum absolute atomic E-state index is 12.6. The Labute approximate surface area is 165 Å². The van der Waals surface area contributed by atoms with Gasteiger partial charge in [0.05, 0.1) is 0 Å². The quantitative estimate of drug-likeness (QED) is 0.732. The van der Waals surface area contributed by atoms with Crippen LogP contribution in [0.2, 0.25) is 0 Å². The van der Waals surface area contributed by atoms with E-state index >= 15 is 0 Å². The van der Waals surface area contributed by atoms with E-state index in [9.17, 15) is 4.79 Å². The molecule has 2 N–H and O–H groups in total. The number of H-pyrrole nitrogens is 1. The van der Waals surface area contributed by atoms with Crippen LogP contribution in [0.15, 0.2) is 48.8 Å². The van der Waals surface area contributed by atoms with Crippen LogP contribution < -0.4 is 15.1 Å². The molecule has 28 heavy (non-hydrogen) atoms. The van der Waals surface area contributed by atoms with Crippen molar-refractivity contribution in [3.63, 3.8) is 0 Å². The minimum absolute atomic E-state index is 0.0203. The fourth-order valence-electron chi connectivity index (χ4n) is 3.75. The average molecular weight is 378 g/mol. The first kappa shape index (κ1) is 18.2. The molecule has 146 valence electrons. The van der Waals surface area contributed by atoms with E-state index in [1.807, 2.05) is 42.2 Å². The van der Waals surface area contributed by atoms with Crippen molar-refractivity contribution in [1.82, 2.24) is 20.2 Å². The van der Waals surface area contributed by atoms with Crippen LogP contribution in [0.5, 0.6) is 0 Å². The second-order valence-corrected chi connectivity index (χ2v) is 7.23. The van der Waals surface area contributed by atoms with Crippen LogP contribution in [0.1, 0.15) is 5.56 Å². The number of amides is 2. The second kappa shape index (κ2) is 7.80. The summed E-state index contributed by atoms with van der Waals surface area (Å²) < 4.78 is 0. The molecule has 1 aliphatic rings. The van der Waals surface area contributed by atoms with Gasteiger partial charge in [-0.15, -0.1) is 0 Å². The highest BCUT2D eigenvalue weighted by molar-refractivity contribution is 5.92.